The molecular weight excluding hydrogens is 142 g/mol. The second kappa shape index (κ2) is 4.13. The summed E-state index contributed by atoms with van der Waals surface area (Å²) in [6.45, 7) is 2.20. The van der Waals surface area contributed by atoms with Crippen LogP contribution in [-0.2, 0) is 12.8 Å². The van der Waals surface area contributed by atoms with Crippen molar-refractivity contribution >= 4 is 0 Å². The number of aromatic nitrogens is 1. The molecule has 0 aliphatic rings. The molecule has 0 aromatic carbocycles. The first-order valence-electron chi connectivity index (χ1n) is 3.91. The molecular formula is C8H13NO2. The van der Waals surface area contributed by atoms with Gasteiger partial charge in [0.1, 0.15) is 6.26 Å². The smallest absolute Gasteiger partial charge is 0.196 e. The summed E-state index contributed by atoms with van der Waals surface area (Å²) in [5.41, 5.74) is 0.982. The Balaban J connectivity index is 2.51. The SMILES string of the molecule is CCCc1coc(CCO)n1. The molecule has 0 spiro atoms. The lowest BCUT2D eigenvalue weighted by Crippen LogP contribution is -1.91. The van der Waals surface area contributed by atoms with Gasteiger partial charge >= 0.3 is 0 Å². The molecule has 1 heterocycles. The first-order valence-corrected chi connectivity index (χ1v) is 3.91. The summed E-state index contributed by atoms with van der Waals surface area (Å²) in [5, 5.41) is 8.56. The van der Waals surface area contributed by atoms with Crippen LogP contribution < -0.4 is 0 Å². The molecule has 3 heteroatoms. The molecule has 0 aliphatic heterocycles. The number of rotatable bonds is 4. The van der Waals surface area contributed by atoms with Gasteiger partial charge in [0.2, 0.25) is 0 Å². The van der Waals surface area contributed by atoms with Crippen molar-refractivity contribution in [3.05, 3.63) is 17.8 Å². The molecule has 0 atom stereocenters. The van der Waals surface area contributed by atoms with Gasteiger partial charge < -0.3 is 9.52 Å². The van der Waals surface area contributed by atoms with Crippen LogP contribution in [0.3, 0.4) is 0 Å². The fraction of sp³-hybridized carbons (Fsp3) is 0.625. The first-order chi connectivity index (χ1) is 5.36. The summed E-state index contributed by atoms with van der Waals surface area (Å²) in [7, 11) is 0. The fourth-order valence-corrected chi connectivity index (χ4v) is 0.930. The van der Waals surface area contributed by atoms with Crippen LogP contribution in [0, 0.1) is 0 Å². The Morgan fingerprint density at radius 2 is 2.36 bits per heavy atom. The average Bonchev–Trinajstić information content (AvgIpc) is 2.38. The molecule has 1 aromatic rings. The van der Waals surface area contributed by atoms with Crippen LogP contribution in [0.5, 0.6) is 0 Å². The molecule has 0 saturated carbocycles. The van der Waals surface area contributed by atoms with Crippen molar-refractivity contribution in [1.29, 1.82) is 0 Å². The summed E-state index contributed by atoms with van der Waals surface area (Å²) in [4.78, 5) is 4.16. The van der Waals surface area contributed by atoms with Gasteiger partial charge in [0, 0.05) is 6.42 Å². The standard InChI is InChI=1S/C8H13NO2/c1-2-3-7-6-11-8(9-7)4-5-10/h6,10H,2-5H2,1H3. The third-order valence-corrected chi connectivity index (χ3v) is 1.43. The van der Waals surface area contributed by atoms with Gasteiger partial charge in [-0.1, -0.05) is 13.3 Å². The van der Waals surface area contributed by atoms with Crippen molar-refractivity contribution in [2.45, 2.75) is 26.2 Å². The van der Waals surface area contributed by atoms with Crippen LogP contribution in [0.25, 0.3) is 0 Å². The maximum atomic E-state index is 8.56. The van der Waals surface area contributed by atoms with Gasteiger partial charge in [-0.05, 0) is 6.42 Å². The molecule has 1 N–H and O–H groups in total. The Hall–Kier alpha value is -0.830. The molecule has 0 unspecified atom stereocenters. The Bertz CT molecular complexity index is 187. The number of aliphatic hydroxyl groups is 1. The van der Waals surface area contributed by atoms with Crippen LogP contribution in [0.2, 0.25) is 0 Å². The maximum absolute atomic E-state index is 8.56. The summed E-state index contributed by atoms with van der Waals surface area (Å²) < 4.78 is 5.09. The molecule has 62 valence electrons. The minimum Gasteiger partial charge on any atom is -0.449 e. The third kappa shape index (κ3) is 2.35. The predicted octanol–water partition coefficient (Wildman–Crippen LogP) is 1.16. The first kappa shape index (κ1) is 8.27. The molecule has 11 heavy (non-hydrogen) atoms. The number of aryl methyl sites for hydroxylation is 1. The Kier molecular flexibility index (Phi) is 3.11. The number of hydrogen-bond acceptors (Lipinski definition) is 3. The predicted molar refractivity (Wildman–Crippen MR) is 41.3 cm³/mol. The summed E-state index contributed by atoms with van der Waals surface area (Å²) in [6.07, 6.45) is 4.21. The van der Waals surface area contributed by atoms with Crippen LogP contribution in [0.15, 0.2) is 10.7 Å². The van der Waals surface area contributed by atoms with Crippen LogP contribution >= 0.6 is 0 Å². The zero-order valence-corrected chi connectivity index (χ0v) is 6.71. The zero-order valence-electron chi connectivity index (χ0n) is 6.71. The van der Waals surface area contributed by atoms with Gasteiger partial charge in [-0.25, -0.2) is 4.98 Å². The average molecular weight is 155 g/mol. The largest absolute Gasteiger partial charge is 0.449 e. The normalized spacial score (nSPS) is 10.4. The van der Waals surface area contributed by atoms with E-state index in [1.165, 1.54) is 0 Å². The van der Waals surface area contributed by atoms with Gasteiger partial charge in [-0.15, -0.1) is 0 Å². The quantitative estimate of drug-likeness (QED) is 0.709. The summed E-state index contributed by atoms with van der Waals surface area (Å²) in [5.74, 6) is 0.635. The Labute approximate surface area is 66.1 Å². The summed E-state index contributed by atoms with van der Waals surface area (Å²) in [6, 6.07) is 0. The second-order valence-electron chi connectivity index (χ2n) is 2.46. The van der Waals surface area contributed by atoms with Crippen molar-refractivity contribution in [3.63, 3.8) is 0 Å². The van der Waals surface area contributed by atoms with E-state index in [2.05, 4.69) is 11.9 Å². The number of nitrogens with zero attached hydrogens (tertiary/aromatic N) is 1. The fourth-order valence-electron chi connectivity index (χ4n) is 0.930. The highest BCUT2D eigenvalue weighted by molar-refractivity contribution is 4.96. The van der Waals surface area contributed by atoms with E-state index < -0.39 is 0 Å². The second-order valence-corrected chi connectivity index (χ2v) is 2.46. The Morgan fingerprint density at radius 1 is 1.55 bits per heavy atom. The molecule has 0 saturated heterocycles. The van der Waals surface area contributed by atoms with Crippen molar-refractivity contribution in [2.24, 2.45) is 0 Å². The van der Waals surface area contributed by atoms with Crippen molar-refractivity contribution < 1.29 is 9.52 Å². The number of hydrogen-bond donors (Lipinski definition) is 1. The lowest BCUT2D eigenvalue weighted by molar-refractivity contribution is 0.285. The number of aliphatic hydroxyl groups excluding tert-OH is 1. The molecule has 1 rings (SSSR count). The molecule has 3 nitrogen and oxygen atoms in total. The molecule has 0 radical (unpaired) electrons. The van der Waals surface area contributed by atoms with Crippen LogP contribution in [0.4, 0.5) is 0 Å². The van der Waals surface area contributed by atoms with E-state index in [1.807, 2.05) is 0 Å². The minimum atomic E-state index is 0.103. The van der Waals surface area contributed by atoms with Gasteiger partial charge in [0.25, 0.3) is 0 Å². The van der Waals surface area contributed by atoms with E-state index in [9.17, 15) is 0 Å². The van der Waals surface area contributed by atoms with E-state index in [0.717, 1.165) is 18.5 Å². The third-order valence-electron chi connectivity index (χ3n) is 1.43. The van der Waals surface area contributed by atoms with Gasteiger partial charge in [0.15, 0.2) is 5.89 Å². The Morgan fingerprint density at radius 3 is 3.00 bits per heavy atom. The molecule has 0 aliphatic carbocycles. The summed E-state index contributed by atoms with van der Waals surface area (Å²) >= 11 is 0. The van der Waals surface area contributed by atoms with E-state index >= 15 is 0 Å². The molecule has 1 aromatic heterocycles. The lowest BCUT2D eigenvalue weighted by Gasteiger charge is -1.87. The topological polar surface area (TPSA) is 46.3 Å². The van der Waals surface area contributed by atoms with Gasteiger partial charge in [-0.3, -0.25) is 0 Å². The van der Waals surface area contributed by atoms with Crippen molar-refractivity contribution in [1.82, 2.24) is 4.98 Å². The van der Waals surface area contributed by atoms with Crippen molar-refractivity contribution in [3.8, 4) is 0 Å². The van der Waals surface area contributed by atoms with E-state index in [-0.39, 0.29) is 6.61 Å². The zero-order chi connectivity index (χ0) is 8.10. The van der Waals surface area contributed by atoms with Crippen LogP contribution in [-0.4, -0.2) is 16.7 Å². The monoisotopic (exact) mass is 155 g/mol. The van der Waals surface area contributed by atoms with Gasteiger partial charge in [-0.2, -0.15) is 0 Å². The molecule has 0 bridgehead atoms. The van der Waals surface area contributed by atoms with E-state index in [0.29, 0.717) is 12.3 Å². The maximum Gasteiger partial charge on any atom is 0.196 e. The molecule has 0 amide bonds. The van der Waals surface area contributed by atoms with Crippen LogP contribution in [0.1, 0.15) is 24.9 Å². The molecule has 0 fully saturated rings. The van der Waals surface area contributed by atoms with Crippen molar-refractivity contribution in [2.75, 3.05) is 6.61 Å². The highest BCUT2D eigenvalue weighted by Gasteiger charge is 2.00. The lowest BCUT2D eigenvalue weighted by atomic mass is 10.3. The number of oxazole rings is 1. The minimum absolute atomic E-state index is 0.103. The van der Waals surface area contributed by atoms with Gasteiger partial charge in [0.05, 0.1) is 12.3 Å². The highest BCUT2D eigenvalue weighted by atomic mass is 16.3. The van der Waals surface area contributed by atoms with E-state index in [4.69, 9.17) is 9.52 Å². The highest BCUT2D eigenvalue weighted by Crippen LogP contribution is 2.04. The van der Waals surface area contributed by atoms with E-state index in [1.54, 1.807) is 6.26 Å².